The maximum Gasteiger partial charge on any atom is 0.255 e. The summed E-state index contributed by atoms with van der Waals surface area (Å²) >= 11 is 0. The molecule has 0 radical (unpaired) electrons. The molecular weight excluding hydrogens is 300 g/mol. The monoisotopic (exact) mass is 314 g/mol. The van der Waals surface area contributed by atoms with Crippen LogP contribution in [-0.4, -0.2) is 20.7 Å². The van der Waals surface area contributed by atoms with Crippen LogP contribution in [0.3, 0.4) is 0 Å². The summed E-state index contributed by atoms with van der Waals surface area (Å²) < 4.78 is 1.62. The van der Waals surface area contributed by atoms with Crippen molar-refractivity contribution >= 4 is 22.4 Å². The third-order valence-corrected chi connectivity index (χ3v) is 3.77. The lowest BCUT2D eigenvalue weighted by Crippen LogP contribution is -2.14. The molecule has 24 heavy (non-hydrogen) atoms. The van der Waals surface area contributed by atoms with E-state index in [1.165, 1.54) is 0 Å². The van der Waals surface area contributed by atoms with Gasteiger partial charge in [-0.15, -0.1) is 0 Å². The summed E-state index contributed by atoms with van der Waals surface area (Å²) in [5, 5.41) is 9.22. The van der Waals surface area contributed by atoms with E-state index in [2.05, 4.69) is 15.4 Å². The van der Waals surface area contributed by atoms with Gasteiger partial charge in [-0.2, -0.15) is 5.10 Å². The lowest BCUT2D eigenvalue weighted by molar-refractivity contribution is 0.102. The molecular formula is C19H14N4O. The molecule has 1 N–H and O–H groups in total. The van der Waals surface area contributed by atoms with Gasteiger partial charge < -0.3 is 5.32 Å². The van der Waals surface area contributed by atoms with Crippen LogP contribution >= 0.6 is 0 Å². The van der Waals surface area contributed by atoms with Gasteiger partial charge in [-0.05, 0) is 41.1 Å². The van der Waals surface area contributed by atoms with E-state index in [4.69, 9.17) is 0 Å². The van der Waals surface area contributed by atoms with Crippen LogP contribution in [0, 0.1) is 0 Å². The molecule has 0 bridgehead atoms. The first-order chi connectivity index (χ1) is 11.8. The highest BCUT2D eigenvalue weighted by Gasteiger charge is 2.11. The van der Waals surface area contributed by atoms with Crippen molar-refractivity contribution in [3.63, 3.8) is 0 Å². The Morgan fingerprint density at radius 1 is 0.917 bits per heavy atom. The van der Waals surface area contributed by atoms with Crippen LogP contribution in [0.25, 0.3) is 16.6 Å². The number of nitrogens with one attached hydrogen (secondary N) is 1. The van der Waals surface area contributed by atoms with Gasteiger partial charge in [0.05, 0.1) is 5.69 Å². The van der Waals surface area contributed by atoms with Gasteiger partial charge in [0.1, 0.15) is 0 Å². The summed E-state index contributed by atoms with van der Waals surface area (Å²) in [5.41, 5.74) is 1.21. The zero-order chi connectivity index (χ0) is 16.4. The molecule has 2 aromatic heterocycles. The average Bonchev–Trinajstić information content (AvgIpc) is 3.16. The second-order valence-electron chi connectivity index (χ2n) is 5.34. The fourth-order valence-electron chi connectivity index (χ4n) is 2.60. The topological polar surface area (TPSA) is 59.8 Å². The van der Waals surface area contributed by atoms with Gasteiger partial charge in [0.15, 0.2) is 5.82 Å². The van der Waals surface area contributed by atoms with E-state index in [0.29, 0.717) is 17.1 Å². The molecule has 2 heterocycles. The van der Waals surface area contributed by atoms with Crippen molar-refractivity contribution in [2.45, 2.75) is 0 Å². The van der Waals surface area contributed by atoms with Gasteiger partial charge in [0, 0.05) is 24.2 Å². The van der Waals surface area contributed by atoms with E-state index >= 15 is 0 Å². The largest absolute Gasteiger partial charge is 0.319 e. The van der Waals surface area contributed by atoms with Crippen LogP contribution in [0.5, 0.6) is 0 Å². The smallest absolute Gasteiger partial charge is 0.255 e. The predicted molar refractivity (Wildman–Crippen MR) is 93.3 cm³/mol. The quantitative estimate of drug-likeness (QED) is 0.627. The molecule has 5 nitrogen and oxygen atoms in total. The molecule has 0 aliphatic carbocycles. The molecule has 4 aromatic rings. The first-order valence-electron chi connectivity index (χ1n) is 7.56. The van der Waals surface area contributed by atoms with Crippen molar-refractivity contribution in [2.24, 2.45) is 0 Å². The van der Waals surface area contributed by atoms with E-state index in [1.54, 1.807) is 29.3 Å². The first-order valence-corrected chi connectivity index (χ1v) is 7.56. The van der Waals surface area contributed by atoms with Crippen LogP contribution in [-0.2, 0) is 0 Å². The minimum absolute atomic E-state index is 0.179. The SMILES string of the molecule is O=C(Nc1cccnc1-n1cccn1)c1ccc2ccccc2c1. The van der Waals surface area contributed by atoms with Gasteiger partial charge in [0.2, 0.25) is 0 Å². The van der Waals surface area contributed by atoms with Crippen LogP contribution in [0.1, 0.15) is 10.4 Å². The highest BCUT2D eigenvalue weighted by atomic mass is 16.1. The molecule has 0 saturated carbocycles. The van der Waals surface area contributed by atoms with Gasteiger partial charge in [-0.1, -0.05) is 30.3 Å². The van der Waals surface area contributed by atoms with E-state index in [0.717, 1.165) is 10.8 Å². The van der Waals surface area contributed by atoms with E-state index < -0.39 is 0 Å². The van der Waals surface area contributed by atoms with Crippen molar-refractivity contribution in [3.05, 3.63) is 84.8 Å². The standard InChI is InChI=1S/C19H14N4O/c24-19(16-9-8-14-5-1-2-6-15(14)13-16)22-17-7-3-10-20-18(17)23-12-4-11-21-23/h1-13H,(H,22,24). The lowest BCUT2D eigenvalue weighted by atomic mass is 10.1. The molecule has 4 rings (SSSR count). The zero-order valence-corrected chi connectivity index (χ0v) is 12.8. The molecule has 0 aliphatic rings. The minimum atomic E-state index is -0.179. The summed E-state index contributed by atoms with van der Waals surface area (Å²) in [7, 11) is 0. The minimum Gasteiger partial charge on any atom is -0.319 e. The van der Waals surface area contributed by atoms with Crippen LogP contribution in [0.2, 0.25) is 0 Å². The highest BCUT2D eigenvalue weighted by Crippen LogP contribution is 2.19. The summed E-state index contributed by atoms with van der Waals surface area (Å²) in [6.45, 7) is 0. The molecule has 0 fully saturated rings. The zero-order valence-electron chi connectivity index (χ0n) is 12.8. The number of hydrogen-bond donors (Lipinski definition) is 1. The van der Waals surface area contributed by atoms with E-state index in [1.807, 2.05) is 54.6 Å². The average molecular weight is 314 g/mol. The van der Waals surface area contributed by atoms with Gasteiger partial charge in [0.25, 0.3) is 5.91 Å². The molecule has 0 aliphatic heterocycles. The molecule has 5 heteroatoms. The van der Waals surface area contributed by atoms with E-state index in [9.17, 15) is 4.79 Å². The van der Waals surface area contributed by atoms with Crippen molar-refractivity contribution in [3.8, 4) is 5.82 Å². The molecule has 0 saturated heterocycles. The molecule has 1 amide bonds. The number of aromatic nitrogens is 3. The maximum atomic E-state index is 12.6. The second-order valence-corrected chi connectivity index (χ2v) is 5.34. The number of amides is 1. The molecule has 0 atom stereocenters. The van der Waals surface area contributed by atoms with Crippen LogP contribution < -0.4 is 5.32 Å². The fourth-order valence-corrected chi connectivity index (χ4v) is 2.60. The summed E-state index contributed by atoms with van der Waals surface area (Å²) in [5.74, 6) is 0.402. The number of rotatable bonds is 3. The fraction of sp³-hybridized carbons (Fsp3) is 0. The number of nitrogens with zero attached hydrogens (tertiary/aromatic N) is 3. The van der Waals surface area contributed by atoms with Crippen LogP contribution in [0.4, 0.5) is 5.69 Å². The van der Waals surface area contributed by atoms with Gasteiger partial charge >= 0.3 is 0 Å². The predicted octanol–water partition coefficient (Wildman–Crippen LogP) is 3.67. The summed E-state index contributed by atoms with van der Waals surface area (Å²) in [6.07, 6.45) is 5.13. The first kappa shape index (κ1) is 14.1. The second kappa shape index (κ2) is 5.96. The van der Waals surface area contributed by atoms with Crippen LogP contribution in [0.15, 0.2) is 79.3 Å². The number of anilines is 1. The Labute approximate surface area is 138 Å². The Morgan fingerprint density at radius 2 is 1.79 bits per heavy atom. The third kappa shape index (κ3) is 2.63. The van der Waals surface area contributed by atoms with E-state index in [-0.39, 0.29) is 5.91 Å². The number of pyridine rings is 1. The Balaban J connectivity index is 1.66. The highest BCUT2D eigenvalue weighted by molar-refractivity contribution is 6.07. The molecule has 116 valence electrons. The van der Waals surface area contributed by atoms with Gasteiger partial charge in [-0.25, -0.2) is 9.67 Å². The molecule has 2 aromatic carbocycles. The summed E-state index contributed by atoms with van der Waals surface area (Å²) in [6, 6.07) is 19.0. The molecule has 0 unspecified atom stereocenters. The Hall–Kier alpha value is -3.47. The normalized spacial score (nSPS) is 10.7. The van der Waals surface area contributed by atoms with Crippen molar-refractivity contribution in [1.29, 1.82) is 0 Å². The Morgan fingerprint density at radius 3 is 2.62 bits per heavy atom. The Kier molecular flexibility index (Phi) is 3.51. The Bertz CT molecular complexity index is 1010. The molecule has 0 spiro atoms. The maximum absolute atomic E-state index is 12.6. The van der Waals surface area contributed by atoms with Crippen molar-refractivity contribution in [2.75, 3.05) is 5.32 Å². The number of carbonyl (C=O) groups excluding carboxylic acids is 1. The number of fused-ring (bicyclic) bond motifs is 1. The van der Waals surface area contributed by atoms with Crippen molar-refractivity contribution < 1.29 is 4.79 Å². The number of benzene rings is 2. The van der Waals surface area contributed by atoms with Gasteiger partial charge in [-0.3, -0.25) is 4.79 Å². The third-order valence-electron chi connectivity index (χ3n) is 3.77. The number of hydrogen-bond acceptors (Lipinski definition) is 3. The summed E-state index contributed by atoms with van der Waals surface area (Å²) in [4.78, 5) is 16.9. The number of carbonyl (C=O) groups is 1. The lowest BCUT2D eigenvalue weighted by Gasteiger charge is -2.10. The van der Waals surface area contributed by atoms with Crippen molar-refractivity contribution in [1.82, 2.24) is 14.8 Å².